The van der Waals surface area contributed by atoms with Crippen LogP contribution < -0.4 is 0 Å². The summed E-state index contributed by atoms with van der Waals surface area (Å²) in [5.74, 6) is 2.83. The van der Waals surface area contributed by atoms with E-state index in [-0.39, 0.29) is 0 Å². The van der Waals surface area contributed by atoms with Crippen molar-refractivity contribution in [2.45, 2.75) is 13.8 Å². The second-order valence-corrected chi connectivity index (χ2v) is 0.224. The molecule has 0 saturated heterocycles. The van der Waals surface area contributed by atoms with Crippen molar-refractivity contribution < 1.29 is 9.13 Å². The van der Waals surface area contributed by atoms with E-state index in [1.54, 1.807) is 0 Å². The third kappa shape index (κ3) is 7210. The second kappa shape index (κ2) is 128. The van der Waals surface area contributed by atoms with Crippen LogP contribution in [0.1, 0.15) is 13.8 Å². The van der Waals surface area contributed by atoms with Gasteiger partial charge in [0.1, 0.15) is 0 Å². The van der Waals surface area contributed by atoms with Crippen LogP contribution in [0.5, 0.6) is 0 Å². The molecule has 0 atom stereocenters. The number of hydrogen-bond donors (Lipinski definition) is 0. The van der Waals surface area contributed by atoms with Gasteiger partial charge in [0.2, 0.25) is 0 Å². The third-order valence-electron chi connectivity index (χ3n) is 0. The Morgan fingerprint density at radius 2 is 1.29 bits per heavy atom. The Morgan fingerprint density at radius 3 is 1.29 bits per heavy atom. The predicted octanol–water partition coefficient (Wildman–Crippen LogP) is 2.27. The average molecular weight is 139 g/mol. The van der Waals surface area contributed by atoms with Crippen LogP contribution in [0.4, 0.5) is 0 Å². The molecule has 2 nitrogen and oxygen atoms in total. The fourth-order valence-corrected chi connectivity index (χ4v) is 0. The van der Waals surface area contributed by atoms with Crippen molar-refractivity contribution in [2.24, 2.45) is 0 Å². The van der Waals surface area contributed by atoms with E-state index in [0.29, 0.717) is 0 Å². The Morgan fingerprint density at radius 1 is 1.29 bits per heavy atom. The molecular weight excluding hydrogens is 131 g/mol. The Kier molecular flexibility index (Phi) is 287. The summed E-state index contributed by atoms with van der Waals surface area (Å²) in [5.41, 5.74) is 0. The zero-order valence-corrected chi connectivity index (χ0v) is 6.09. The Labute approximate surface area is 50.2 Å². The summed E-state index contributed by atoms with van der Waals surface area (Å²) >= 11 is 3.83. The zero-order chi connectivity index (χ0) is 6.71. The summed E-state index contributed by atoms with van der Waals surface area (Å²) in [6, 6.07) is 0. The van der Waals surface area contributed by atoms with Crippen LogP contribution in [0.25, 0.3) is 0 Å². The van der Waals surface area contributed by atoms with Crippen LogP contribution in [-0.4, -0.2) is 5.87 Å². The fraction of sp³-hybridized carbons (Fsp3) is 0.667. The van der Waals surface area contributed by atoms with Crippen molar-refractivity contribution in [3.05, 3.63) is 0 Å². The summed E-state index contributed by atoms with van der Waals surface area (Å²) < 4.78 is 16.7. The quantitative estimate of drug-likeness (QED) is 0.381. The van der Waals surface area contributed by atoms with E-state index in [4.69, 9.17) is 9.13 Å². The normalized spacial score (nSPS) is 2.57. The van der Waals surface area contributed by atoms with Crippen molar-refractivity contribution in [3.8, 4) is 0 Å². The van der Waals surface area contributed by atoms with Crippen LogP contribution in [0, 0.1) is 0 Å². The van der Waals surface area contributed by atoms with Gasteiger partial charge in [0, 0.05) is 0 Å². The van der Waals surface area contributed by atoms with Gasteiger partial charge in [0.25, 0.3) is 0 Å². The van der Waals surface area contributed by atoms with Crippen molar-refractivity contribution in [2.75, 3.05) is 0 Å². The summed E-state index contributed by atoms with van der Waals surface area (Å²) in [6.07, 6.45) is 0. The molecule has 0 aliphatic rings. The maximum atomic E-state index is 8.35. The minimum atomic E-state index is -1.08. The Hall–Kier alpha value is 0.120. The SMILES string of the molecule is C=S.CC.O=[P]=O. The molecule has 0 heterocycles. The van der Waals surface area contributed by atoms with E-state index < -0.39 is 8.34 Å². The van der Waals surface area contributed by atoms with E-state index in [1.807, 2.05) is 13.8 Å². The summed E-state index contributed by atoms with van der Waals surface area (Å²) in [6.45, 7) is 4.00. The van der Waals surface area contributed by atoms with Crippen molar-refractivity contribution in [3.63, 3.8) is 0 Å². The van der Waals surface area contributed by atoms with E-state index in [1.165, 1.54) is 0 Å². The average Bonchev–Trinajstić information content (AvgIpc) is 1.78. The molecule has 0 bridgehead atoms. The molecule has 43 valence electrons. The Bertz CT molecular complexity index is 42.2. The molecule has 0 rings (SSSR count). The number of thiocarbonyl (C=S) groups is 1. The first-order valence-corrected chi connectivity index (χ1v) is 2.96. The second-order valence-electron chi connectivity index (χ2n) is 0.0745. The van der Waals surface area contributed by atoms with Crippen molar-refractivity contribution in [1.29, 1.82) is 0 Å². The van der Waals surface area contributed by atoms with E-state index in [9.17, 15) is 0 Å². The molecule has 0 unspecified atom stereocenters. The van der Waals surface area contributed by atoms with Crippen LogP contribution in [0.2, 0.25) is 0 Å². The van der Waals surface area contributed by atoms with Gasteiger partial charge in [-0.15, -0.1) is 0 Å². The van der Waals surface area contributed by atoms with Gasteiger partial charge in [-0.25, -0.2) is 0 Å². The van der Waals surface area contributed by atoms with Crippen molar-refractivity contribution >= 4 is 26.4 Å². The summed E-state index contributed by atoms with van der Waals surface area (Å²) in [4.78, 5) is 0. The van der Waals surface area contributed by atoms with Crippen LogP contribution in [0.15, 0.2) is 0 Å². The first kappa shape index (κ1) is 15.7. The third-order valence-corrected chi connectivity index (χ3v) is 0. The molecule has 0 aromatic carbocycles. The van der Waals surface area contributed by atoms with Gasteiger partial charge < -0.3 is 0 Å². The van der Waals surface area contributed by atoms with Crippen LogP contribution in [0.3, 0.4) is 0 Å². The van der Waals surface area contributed by atoms with Gasteiger partial charge in [0.15, 0.2) is 0 Å². The fourth-order valence-electron chi connectivity index (χ4n) is 0. The van der Waals surface area contributed by atoms with Gasteiger partial charge in [-0.05, 0) is 5.87 Å². The molecule has 0 fully saturated rings. The first-order chi connectivity index (χ1) is 3.41. The van der Waals surface area contributed by atoms with Crippen LogP contribution in [-0.2, 0) is 9.13 Å². The molecule has 7 heavy (non-hydrogen) atoms. The molecular formula is C3H8O2PS. The molecule has 0 aromatic rings. The predicted molar refractivity (Wildman–Crippen MR) is 34.4 cm³/mol. The van der Waals surface area contributed by atoms with Gasteiger partial charge in [0.05, 0.1) is 0 Å². The Balaban J connectivity index is -0.0000000360. The molecule has 4 heteroatoms. The minimum absolute atomic E-state index is 1.08. The van der Waals surface area contributed by atoms with Crippen LogP contribution >= 0.6 is 20.6 Å². The summed E-state index contributed by atoms with van der Waals surface area (Å²) in [5, 5.41) is 0. The van der Waals surface area contributed by atoms with Gasteiger partial charge in [-0.1, -0.05) is 26.1 Å². The topological polar surface area (TPSA) is 34.1 Å². The van der Waals surface area contributed by atoms with E-state index in [2.05, 4.69) is 18.1 Å². The molecule has 0 aliphatic heterocycles. The molecule has 0 aliphatic carbocycles. The first-order valence-electron chi connectivity index (χ1n) is 1.65. The van der Waals surface area contributed by atoms with E-state index >= 15 is 0 Å². The molecule has 1 radical (unpaired) electrons. The monoisotopic (exact) mass is 139 g/mol. The summed E-state index contributed by atoms with van der Waals surface area (Å²) in [7, 11) is -1.08. The van der Waals surface area contributed by atoms with Gasteiger partial charge in [-0.3, -0.25) is 0 Å². The van der Waals surface area contributed by atoms with Gasteiger partial charge >= 0.3 is 17.5 Å². The molecule has 0 aromatic heterocycles. The maximum absolute atomic E-state index is 8.35. The zero-order valence-electron chi connectivity index (χ0n) is 4.38. The standard InChI is InChI=1S/C2H6.CH2S.O2P/c2*1-2;1-3-2/h1-2H3;1H2;. The molecule has 0 amide bonds. The molecule has 0 spiro atoms. The number of hydrogen-bond acceptors (Lipinski definition) is 3. The van der Waals surface area contributed by atoms with Gasteiger partial charge in [-0.2, -0.15) is 0 Å². The molecule has 0 N–H and O–H groups in total. The number of rotatable bonds is 0. The van der Waals surface area contributed by atoms with E-state index in [0.717, 1.165) is 0 Å². The van der Waals surface area contributed by atoms with Crippen molar-refractivity contribution in [1.82, 2.24) is 0 Å². The molecule has 0 saturated carbocycles.